The molecule has 4 heterocycles. The van der Waals surface area contributed by atoms with Crippen LogP contribution in [0, 0.1) is 0 Å². The van der Waals surface area contributed by atoms with E-state index < -0.39 is 0 Å². The van der Waals surface area contributed by atoms with Gasteiger partial charge < -0.3 is 0 Å². The minimum Gasteiger partial charge on any atom is -0.294 e. The zero-order valence-electron chi connectivity index (χ0n) is 34.6. The molecule has 0 unspecified atom stereocenters. The van der Waals surface area contributed by atoms with Gasteiger partial charge in [0, 0.05) is 53.2 Å². The van der Waals surface area contributed by atoms with Crippen LogP contribution in [0.3, 0.4) is 0 Å². The molecule has 13 rings (SSSR count). The van der Waals surface area contributed by atoms with E-state index in [2.05, 4.69) is 168 Å². The predicted molar refractivity (Wildman–Crippen MR) is 265 cm³/mol. The van der Waals surface area contributed by atoms with Gasteiger partial charge in [0.1, 0.15) is 5.82 Å². The third-order valence-electron chi connectivity index (χ3n) is 12.7. The Balaban J connectivity index is 1.12. The maximum Gasteiger partial charge on any atom is 0.164 e. The highest BCUT2D eigenvalue weighted by molar-refractivity contribution is 7.26. The maximum absolute atomic E-state index is 5.57. The predicted octanol–water partition coefficient (Wildman–Crippen LogP) is 14.8. The van der Waals surface area contributed by atoms with Crippen LogP contribution in [0.5, 0.6) is 0 Å². The molecule has 12 aromatic rings. The molecular weight excluding hydrogens is 799 g/mol. The summed E-state index contributed by atoms with van der Waals surface area (Å²) in [5.74, 6) is 2.79. The van der Waals surface area contributed by atoms with Crippen LogP contribution in [0.1, 0.15) is 11.1 Å². The molecule has 0 saturated carbocycles. The van der Waals surface area contributed by atoms with Crippen molar-refractivity contribution in [2.45, 2.75) is 12.8 Å². The van der Waals surface area contributed by atoms with Crippen molar-refractivity contribution in [3.05, 3.63) is 211 Å². The van der Waals surface area contributed by atoms with Gasteiger partial charge in [-0.25, -0.2) is 19.9 Å². The van der Waals surface area contributed by atoms with Gasteiger partial charge >= 0.3 is 0 Å². The molecule has 0 atom stereocenters. The Labute approximate surface area is 373 Å². The SMILES string of the molecule is c1ccc(-c2cc(-c3ccccc3)nc(-n3c4cc(-c5nc(-c6ccccc6)nc(-c6ccccc6)n5)cc5c4c4c(cc(-c6cccc7c6sc6ccccc67)cc43)CC5)c2)cc1. The second kappa shape index (κ2) is 14.8. The van der Waals surface area contributed by atoms with Gasteiger partial charge in [-0.05, 0) is 82.6 Å². The van der Waals surface area contributed by atoms with Crippen molar-refractivity contribution in [1.29, 1.82) is 0 Å². The lowest BCUT2D eigenvalue weighted by Crippen LogP contribution is -2.03. The number of thiophene rings is 1. The Bertz CT molecular complexity index is 3650. The van der Waals surface area contributed by atoms with Gasteiger partial charge in [-0.2, -0.15) is 0 Å². The zero-order chi connectivity index (χ0) is 42.1. The zero-order valence-corrected chi connectivity index (χ0v) is 35.4. The molecule has 1 aliphatic carbocycles. The first-order chi connectivity index (χ1) is 31.7. The van der Waals surface area contributed by atoms with Gasteiger partial charge in [-0.15, -0.1) is 11.3 Å². The van der Waals surface area contributed by atoms with E-state index in [1.54, 1.807) is 0 Å². The Morgan fingerprint density at radius 2 is 0.891 bits per heavy atom. The van der Waals surface area contributed by atoms with E-state index in [1.807, 2.05) is 47.7 Å². The first kappa shape index (κ1) is 36.6. The quantitative estimate of drug-likeness (QED) is 0.160. The lowest BCUT2D eigenvalue weighted by Gasteiger charge is -2.16. The van der Waals surface area contributed by atoms with Gasteiger partial charge in [0.25, 0.3) is 0 Å². The van der Waals surface area contributed by atoms with E-state index in [0.29, 0.717) is 17.5 Å². The highest BCUT2D eigenvalue weighted by atomic mass is 32.1. The van der Waals surface area contributed by atoms with Crippen LogP contribution >= 0.6 is 11.3 Å². The molecule has 4 aromatic heterocycles. The Hall–Kier alpha value is -8.06. The Morgan fingerprint density at radius 3 is 1.53 bits per heavy atom. The largest absolute Gasteiger partial charge is 0.294 e. The second-order valence-electron chi connectivity index (χ2n) is 16.5. The first-order valence-electron chi connectivity index (χ1n) is 21.8. The minimum atomic E-state index is 0.640. The summed E-state index contributed by atoms with van der Waals surface area (Å²) in [6.07, 6.45) is 1.80. The van der Waals surface area contributed by atoms with Crippen LogP contribution in [-0.4, -0.2) is 24.5 Å². The second-order valence-corrected chi connectivity index (χ2v) is 17.6. The minimum absolute atomic E-state index is 0.640. The molecule has 6 heteroatoms. The molecule has 0 amide bonds. The van der Waals surface area contributed by atoms with Crippen LogP contribution in [0.4, 0.5) is 0 Å². The molecule has 0 aliphatic heterocycles. The van der Waals surface area contributed by atoms with Crippen LogP contribution in [0.25, 0.3) is 115 Å². The smallest absolute Gasteiger partial charge is 0.164 e. The number of aromatic nitrogens is 5. The van der Waals surface area contributed by atoms with Gasteiger partial charge in [0.15, 0.2) is 17.5 Å². The summed E-state index contributed by atoms with van der Waals surface area (Å²) >= 11 is 1.88. The van der Waals surface area contributed by atoms with Crippen molar-refractivity contribution in [2.75, 3.05) is 0 Å². The number of benzene rings is 8. The molecular formula is C58H37N5S. The van der Waals surface area contributed by atoms with Crippen LogP contribution < -0.4 is 0 Å². The van der Waals surface area contributed by atoms with Crippen molar-refractivity contribution in [2.24, 2.45) is 0 Å². The van der Waals surface area contributed by atoms with Crippen LogP contribution in [-0.2, 0) is 12.8 Å². The molecule has 0 bridgehead atoms. The molecule has 0 fully saturated rings. The fourth-order valence-electron chi connectivity index (χ4n) is 9.72. The molecule has 5 nitrogen and oxygen atoms in total. The van der Waals surface area contributed by atoms with Crippen LogP contribution in [0.15, 0.2) is 200 Å². The van der Waals surface area contributed by atoms with E-state index in [-0.39, 0.29) is 0 Å². The number of pyridine rings is 1. The monoisotopic (exact) mass is 835 g/mol. The van der Waals surface area contributed by atoms with Gasteiger partial charge in [0.2, 0.25) is 0 Å². The van der Waals surface area contributed by atoms with E-state index in [9.17, 15) is 0 Å². The van der Waals surface area contributed by atoms with E-state index >= 15 is 0 Å². The molecule has 0 saturated heterocycles. The lowest BCUT2D eigenvalue weighted by molar-refractivity contribution is 0.969. The first-order valence-corrected chi connectivity index (χ1v) is 22.6. The fraction of sp³-hybridized carbons (Fsp3) is 0.0345. The van der Waals surface area contributed by atoms with Gasteiger partial charge in [-0.1, -0.05) is 164 Å². The molecule has 300 valence electrons. The van der Waals surface area contributed by atoms with Crippen LogP contribution in [0.2, 0.25) is 0 Å². The average molecular weight is 836 g/mol. The summed E-state index contributed by atoms with van der Waals surface area (Å²) in [4.78, 5) is 21.0. The number of aryl methyl sites for hydroxylation is 2. The summed E-state index contributed by atoms with van der Waals surface area (Å²) in [7, 11) is 0. The normalized spacial score (nSPS) is 12.2. The molecule has 1 aliphatic rings. The van der Waals surface area contributed by atoms with E-state index in [1.165, 1.54) is 53.2 Å². The molecule has 64 heavy (non-hydrogen) atoms. The van der Waals surface area contributed by atoms with Crippen molar-refractivity contribution in [3.8, 4) is 73.5 Å². The summed E-state index contributed by atoms with van der Waals surface area (Å²) in [5.41, 5.74) is 14.4. The molecule has 0 radical (unpaired) electrons. The summed E-state index contributed by atoms with van der Waals surface area (Å²) in [5, 5.41) is 5.15. The number of hydrogen-bond acceptors (Lipinski definition) is 5. The standard InChI is InChI=1S/C58H37N5S/c1-5-16-36(17-6-1)42-32-48(37-18-7-2-8-19-37)59-52(35-42)63-49-33-43(45-25-15-26-47-46-24-13-14-27-51(46)64-55(45)47)30-40-28-29-41-31-44(34-50(63)54(41)53(40)49)58-61-56(38-20-9-3-10-21-38)60-57(62-58)39-22-11-4-12-23-39/h1-27,30-35H,28-29H2. The molecule has 8 aromatic carbocycles. The topological polar surface area (TPSA) is 56.5 Å². The summed E-state index contributed by atoms with van der Waals surface area (Å²) in [6.45, 7) is 0. The maximum atomic E-state index is 5.57. The third kappa shape index (κ3) is 6.06. The number of hydrogen-bond donors (Lipinski definition) is 0. The third-order valence-corrected chi connectivity index (χ3v) is 13.9. The number of nitrogens with zero attached hydrogens (tertiary/aromatic N) is 5. The highest BCUT2D eigenvalue weighted by Crippen LogP contribution is 2.46. The Morgan fingerprint density at radius 1 is 0.375 bits per heavy atom. The van der Waals surface area contributed by atoms with Crippen molar-refractivity contribution < 1.29 is 0 Å². The van der Waals surface area contributed by atoms with Crippen molar-refractivity contribution >= 4 is 53.3 Å². The van der Waals surface area contributed by atoms with Crippen molar-refractivity contribution in [1.82, 2.24) is 24.5 Å². The summed E-state index contributed by atoms with van der Waals surface area (Å²) < 4.78 is 5.03. The van der Waals surface area contributed by atoms with E-state index in [0.717, 1.165) is 68.8 Å². The molecule has 0 spiro atoms. The Kier molecular flexibility index (Phi) is 8.46. The van der Waals surface area contributed by atoms with E-state index in [4.69, 9.17) is 19.9 Å². The highest BCUT2D eigenvalue weighted by Gasteiger charge is 2.26. The van der Waals surface area contributed by atoms with Gasteiger partial charge in [-0.3, -0.25) is 4.57 Å². The van der Waals surface area contributed by atoms with Crippen molar-refractivity contribution in [3.63, 3.8) is 0 Å². The lowest BCUT2D eigenvalue weighted by atomic mass is 9.88. The van der Waals surface area contributed by atoms with Gasteiger partial charge in [0.05, 0.1) is 16.7 Å². The average Bonchev–Trinajstić information content (AvgIpc) is 3.93. The summed E-state index contributed by atoms with van der Waals surface area (Å²) in [6, 6.07) is 71.1. The number of fused-ring (bicyclic) bond motifs is 3. The molecule has 0 N–H and O–H groups in total. The fourth-order valence-corrected chi connectivity index (χ4v) is 11.0. The number of rotatable bonds is 7.